The van der Waals surface area contributed by atoms with Crippen LogP contribution in [-0.4, -0.2) is 42.1 Å². The van der Waals surface area contributed by atoms with Crippen molar-refractivity contribution < 1.29 is 22.4 Å². The van der Waals surface area contributed by atoms with Crippen LogP contribution < -0.4 is 5.32 Å². The van der Waals surface area contributed by atoms with Crippen molar-refractivity contribution in [3.63, 3.8) is 0 Å². The summed E-state index contributed by atoms with van der Waals surface area (Å²) in [4.78, 5) is 26.2. The minimum absolute atomic E-state index is 0.00149. The molecule has 30 heavy (non-hydrogen) atoms. The van der Waals surface area contributed by atoms with E-state index in [1.807, 2.05) is 0 Å². The van der Waals surface area contributed by atoms with Crippen molar-refractivity contribution in [3.05, 3.63) is 73.1 Å². The van der Waals surface area contributed by atoms with Gasteiger partial charge in [-0.1, -0.05) is 36.0 Å². The van der Waals surface area contributed by atoms with Crippen molar-refractivity contribution in [2.24, 2.45) is 4.40 Å². The van der Waals surface area contributed by atoms with Crippen LogP contribution in [0.15, 0.2) is 76.5 Å². The van der Waals surface area contributed by atoms with E-state index in [0.29, 0.717) is 5.69 Å². The molecule has 2 aromatic carbocycles. The van der Waals surface area contributed by atoms with Crippen molar-refractivity contribution in [1.29, 1.82) is 0 Å². The molecule has 1 aliphatic rings. The number of nitrogens with one attached hydrogen (secondary N) is 1. The zero-order chi connectivity index (χ0) is 21.7. The van der Waals surface area contributed by atoms with Crippen LogP contribution in [0.1, 0.15) is 6.42 Å². The summed E-state index contributed by atoms with van der Waals surface area (Å²) < 4.78 is 41.9. The highest BCUT2D eigenvalue weighted by atomic mass is 32.2. The van der Waals surface area contributed by atoms with Crippen molar-refractivity contribution in [1.82, 2.24) is 4.90 Å². The Morgan fingerprint density at radius 3 is 2.50 bits per heavy atom. The SMILES string of the molecule is C=CCN1C(=O)C(CC(=O)Nc2ccc(F)cc2)SC1=NS(=O)(=O)c1ccccc1. The Bertz CT molecular complexity index is 1090. The van der Waals surface area contributed by atoms with E-state index in [9.17, 15) is 22.4 Å². The maximum absolute atomic E-state index is 13.0. The number of benzene rings is 2. The summed E-state index contributed by atoms with van der Waals surface area (Å²) in [5.41, 5.74) is 0.389. The maximum atomic E-state index is 13.0. The summed E-state index contributed by atoms with van der Waals surface area (Å²) in [7, 11) is -4.02. The number of carbonyl (C=O) groups is 2. The monoisotopic (exact) mass is 447 g/mol. The van der Waals surface area contributed by atoms with E-state index in [-0.39, 0.29) is 23.0 Å². The van der Waals surface area contributed by atoms with Gasteiger partial charge >= 0.3 is 0 Å². The number of rotatable bonds is 7. The van der Waals surface area contributed by atoms with Crippen LogP contribution in [0.2, 0.25) is 0 Å². The molecule has 0 saturated carbocycles. The quantitative estimate of drug-likeness (QED) is 0.659. The van der Waals surface area contributed by atoms with Crippen molar-refractivity contribution in [3.8, 4) is 0 Å². The average Bonchev–Trinajstić information content (AvgIpc) is 2.99. The lowest BCUT2D eigenvalue weighted by molar-refractivity contribution is -0.127. The number of carbonyl (C=O) groups excluding carboxylic acids is 2. The number of hydrogen-bond acceptors (Lipinski definition) is 5. The fourth-order valence-corrected chi connectivity index (χ4v) is 5.05. The van der Waals surface area contributed by atoms with Gasteiger partial charge in [0.2, 0.25) is 11.8 Å². The Kier molecular flexibility index (Phi) is 6.68. The average molecular weight is 448 g/mol. The van der Waals surface area contributed by atoms with Gasteiger partial charge in [0.15, 0.2) is 5.17 Å². The molecule has 2 amide bonds. The lowest BCUT2D eigenvalue weighted by Gasteiger charge is -2.13. The Morgan fingerprint density at radius 2 is 1.87 bits per heavy atom. The van der Waals surface area contributed by atoms with Crippen LogP contribution in [0.5, 0.6) is 0 Å². The van der Waals surface area contributed by atoms with Gasteiger partial charge in [0.05, 0.1) is 4.90 Å². The van der Waals surface area contributed by atoms with Crippen LogP contribution in [0, 0.1) is 5.82 Å². The Morgan fingerprint density at radius 1 is 1.20 bits per heavy atom. The van der Waals surface area contributed by atoms with Crippen LogP contribution in [0.4, 0.5) is 10.1 Å². The third-order valence-corrected chi connectivity index (χ3v) is 6.64. The summed E-state index contributed by atoms with van der Waals surface area (Å²) in [6.45, 7) is 3.64. The molecule has 3 rings (SSSR count). The molecule has 1 atom stereocenters. The van der Waals surface area contributed by atoms with Crippen LogP contribution >= 0.6 is 11.8 Å². The second-order valence-corrected chi connectivity index (χ2v) is 9.04. The van der Waals surface area contributed by atoms with E-state index in [1.165, 1.54) is 47.4 Å². The Hall–Kier alpha value is -2.98. The first-order valence-corrected chi connectivity index (χ1v) is 11.2. The molecule has 10 heteroatoms. The minimum atomic E-state index is -4.02. The highest BCUT2D eigenvalue weighted by Gasteiger charge is 2.39. The van der Waals surface area contributed by atoms with Gasteiger partial charge in [0.1, 0.15) is 11.1 Å². The fraction of sp³-hybridized carbons (Fsp3) is 0.150. The second kappa shape index (κ2) is 9.23. The first-order chi connectivity index (χ1) is 14.3. The van der Waals surface area contributed by atoms with E-state index < -0.39 is 32.9 Å². The highest BCUT2D eigenvalue weighted by molar-refractivity contribution is 8.16. The van der Waals surface area contributed by atoms with Gasteiger partial charge in [-0.05, 0) is 36.4 Å². The standard InChI is InChI=1S/C20H18FN3O4S2/c1-2-12-24-19(26)17(13-18(25)22-15-10-8-14(21)9-11-15)29-20(24)23-30(27,28)16-6-4-3-5-7-16/h2-11,17H,1,12-13H2,(H,22,25). The van der Waals surface area contributed by atoms with Gasteiger partial charge in [-0.2, -0.15) is 8.42 Å². The molecule has 0 aliphatic carbocycles. The molecule has 0 aromatic heterocycles. The molecule has 0 radical (unpaired) electrons. The maximum Gasteiger partial charge on any atom is 0.284 e. The van der Waals surface area contributed by atoms with Gasteiger partial charge in [-0.15, -0.1) is 11.0 Å². The molecule has 0 bridgehead atoms. The van der Waals surface area contributed by atoms with Crippen LogP contribution in [-0.2, 0) is 19.6 Å². The van der Waals surface area contributed by atoms with E-state index >= 15 is 0 Å². The zero-order valence-electron chi connectivity index (χ0n) is 15.7. The smallest absolute Gasteiger partial charge is 0.284 e. The van der Waals surface area contributed by atoms with Gasteiger partial charge in [0.25, 0.3) is 10.0 Å². The van der Waals surface area contributed by atoms with Crippen molar-refractivity contribution >= 4 is 44.5 Å². The number of anilines is 1. The van der Waals surface area contributed by atoms with E-state index in [1.54, 1.807) is 18.2 Å². The Balaban J connectivity index is 1.78. The molecule has 0 spiro atoms. The molecular formula is C20H18FN3O4S2. The topological polar surface area (TPSA) is 95.9 Å². The van der Waals surface area contributed by atoms with E-state index in [2.05, 4.69) is 16.3 Å². The summed E-state index contributed by atoms with van der Waals surface area (Å²) >= 11 is 0.908. The molecule has 1 saturated heterocycles. The predicted octanol–water partition coefficient (Wildman–Crippen LogP) is 3.03. The largest absolute Gasteiger partial charge is 0.326 e. The molecule has 1 unspecified atom stereocenters. The van der Waals surface area contributed by atoms with E-state index in [0.717, 1.165) is 11.8 Å². The fourth-order valence-electron chi connectivity index (χ4n) is 2.67. The van der Waals surface area contributed by atoms with Gasteiger partial charge in [-0.25, -0.2) is 4.39 Å². The summed E-state index contributed by atoms with van der Waals surface area (Å²) in [6, 6.07) is 12.9. The van der Waals surface area contributed by atoms with Gasteiger partial charge in [0, 0.05) is 18.7 Å². The minimum Gasteiger partial charge on any atom is -0.326 e. The summed E-state index contributed by atoms with van der Waals surface area (Å²) in [5.74, 6) is -1.33. The van der Waals surface area contributed by atoms with Crippen molar-refractivity contribution in [2.75, 3.05) is 11.9 Å². The predicted molar refractivity (Wildman–Crippen MR) is 114 cm³/mol. The number of thioether (sulfide) groups is 1. The summed E-state index contributed by atoms with van der Waals surface area (Å²) in [6.07, 6.45) is 1.25. The lowest BCUT2D eigenvalue weighted by Crippen LogP contribution is -2.33. The molecule has 1 heterocycles. The molecule has 1 aliphatic heterocycles. The van der Waals surface area contributed by atoms with Crippen molar-refractivity contribution in [2.45, 2.75) is 16.6 Å². The normalized spacial score (nSPS) is 17.9. The third kappa shape index (κ3) is 5.14. The van der Waals surface area contributed by atoms with Gasteiger partial charge < -0.3 is 5.32 Å². The molecule has 7 nitrogen and oxygen atoms in total. The lowest BCUT2D eigenvalue weighted by atomic mass is 10.2. The van der Waals surface area contributed by atoms with Crippen LogP contribution in [0.25, 0.3) is 0 Å². The summed E-state index contributed by atoms with van der Waals surface area (Å²) in [5, 5.41) is 1.74. The van der Waals surface area contributed by atoms with Gasteiger partial charge in [-0.3, -0.25) is 14.5 Å². The zero-order valence-corrected chi connectivity index (χ0v) is 17.3. The molecule has 1 N–H and O–H groups in total. The van der Waals surface area contributed by atoms with Crippen LogP contribution in [0.3, 0.4) is 0 Å². The second-order valence-electron chi connectivity index (χ2n) is 6.27. The first-order valence-electron chi connectivity index (χ1n) is 8.84. The first kappa shape index (κ1) is 21.7. The molecule has 156 valence electrons. The number of amides is 2. The highest BCUT2D eigenvalue weighted by Crippen LogP contribution is 2.31. The Labute approximate surface area is 177 Å². The number of nitrogens with zero attached hydrogens (tertiary/aromatic N) is 2. The molecular weight excluding hydrogens is 429 g/mol. The molecule has 1 fully saturated rings. The van der Waals surface area contributed by atoms with E-state index in [4.69, 9.17) is 0 Å². The number of sulfonamides is 1. The third-order valence-electron chi connectivity index (χ3n) is 4.07. The number of hydrogen-bond donors (Lipinski definition) is 1. The number of amidine groups is 1. The molecule has 2 aromatic rings. The number of halogens is 1.